The minimum absolute atomic E-state index is 0.107. The van der Waals surface area contributed by atoms with Crippen molar-refractivity contribution in [3.63, 3.8) is 0 Å². The van der Waals surface area contributed by atoms with Crippen molar-refractivity contribution < 1.29 is 27.5 Å². The van der Waals surface area contributed by atoms with Gasteiger partial charge in [-0.05, 0) is 55.2 Å². The quantitative estimate of drug-likeness (QED) is 0.726. The van der Waals surface area contributed by atoms with Crippen LogP contribution in [0, 0.1) is 5.41 Å². The summed E-state index contributed by atoms with van der Waals surface area (Å²) < 4.78 is 43.5. The van der Waals surface area contributed by atoms with Crippen molar-refractivity contribution in [1.29, 1.82) is 0 Å². The van der Waals surface area contributed by atoms with E-state index >= 15 is 0 Å². The fraction of sp³-hybridized carbons (Fsp3) is 0.619. The van der Waals surface area contributed by atoms with Crippen LogP contribution in [0.1, 0.15) is 48.8 Å². The number of amides is 2. The lowest BCUT2D eigenvalue weighted by molar-refractivity contribution is -0.134. The van der Waals surface area contributed by atoms with E-state index in [1.54, 1.807) is 19.2 Å². The summed E-state index contributed by atoms with van der Waals surface area (Å²) in [5.74, 6) is 0. The van der Waals surface area contributed by atoms with Gasteiger partial charge in [0.25, 0.3) is 0 Å². The van der Waals surface area contributed by atoms with Gasteiger partial charge in [-0.2, -0.15) is 13.2 Å². The molecule has 29 heavy (non-hydrogen) atoms. The molecule has 2 N–H and O–H groups in total. The second-order valence-electron chi connectivity index (χ2n) is 8.13. The zero-order valence-corrected chi connectivity index (χ0v) is 16.7. The highest BCUT2D eigenvalue weighted by Crippen LogP contribution is 2.57. The molecule has 0 aromatic heterocycles. The number of fused-ring (bicyclic) bond motifs is 1. The summed E-state index contributed by atoms with van der Waals surface area (Å²) in [6.07, 6.45) is -0.977. The van der Waals surface area contributed by atoms with Crippen molar-refractivity contribution in [1.82, 2.24) is 10.6 Å². The molecule has 8 heteroatoms. The molecule has 0 saturated heterocycles. The monoisotopic (exact) mass is 412 g/mol. The van der Waals surface area contributed by atoms with Gasteiger partial charge in [-0.25, -0.2) is 4.79 Å². The Labute approximate surface area is 168 Å². The largest absolute Gasteiger partial charge is 0.389 e. The van der Waals surface area contributed by atoms with Crippen molar-refractivity contribution in [3.8, 4) is 0 Å². The maximum absolute atomic E-state index is 12.7. The standard InChI is InChI=1S/C21H27F3N2O3/c1-25-18(28)26-20(13-27)17-11-14(5-10-21(22,23)24)3-4-15(17)12-19(20)8-6-16(29-2)7-9-19/h3-4,11,13,16H,5-10,12H2,1-2H3,(H2,25,26,28). The van der Waals surface area contributed by atoms with Crippen molar-refractivity contribution >= 4 is 12.3 Å². The number of urea groups is 1. The summed E-state index contributed by atoms with van der Waals surface area (Å²) in [4.78, 5) is 24.8. The van der Waals surface area contributed by atoms with Crippen LogP contribution < -0.4 is 10.6 Å². The van der Waals surface area contributed by atoms with Crippen molar-refractivity contribution in [2.24, 2.45) is 5.41 Å². The number of benzene rings is 1. The Balaban J connectivity index is 2.01. The molecule has 0 heterocycles. The first-order chi connectivity index (χ1) is 13.7. The molecule has 3 rings (SSSR count). The average molecular weight is 412 g/mol. The van der Waals surface area contributed by atoms with Crippen molar-refractivity contribution in [2.45, 2.75) is 62.8 Å². The first-order valence-corrected chi connectivity index (χ1v) is 9.87. The van der Waals surface area contributed by atoms with E-state index in [2.05, 4.69) is 10.6 Å². The molecule has 2 aliphatic rings. The number of hydrogen-bond acceptors (Lipinski definition) is 3. The Morgan fingerprint density at radius 1 is 1.31 bits per heavy atom. The van der Waals surface area contributed by atoms with E-state index in [9.17, 15) is 22.8 Å². The number of rotatable bonds is 5. The highest BCUT2D eigenvalue weighted by Gasteiger charge is 2.59. The second-order valence-corrected chi connectivity index (χ2v) is 8.13. The molecule has 0 bridgehead atoms. The molecule has 0 aliphatic heterocycles. The third-order valence-corrected chi connectivity index (χ3v) is 6.60. The molecule has 1 atom stereocenters. The zero-order chi connectivity index (χ0) is 21.3. The molecule has 5 nitrogen and oxygen atoms in total. The first kappa shape index (κ1) is 21.6. The maximum atomic E-state index is 12.7. The number of nitrogens with one attached hydrogen (secondary N) is 2. The van der Waals surface area contributed by atoms with Gasteiger partial charge < -0.3 is 20.2 Å². The van der Waals surface area contributed by atoms with Crippen LogP contribution in [0.5, 0.6) is 0 Å². The first-order valence-electron chi connectivity index (χ1n) is 9.87. The van der Waals surface area contributed by atoms with Gasteiger partial charge in [0.15, 0.2) is 6.29 Å². The SMILES string of the molecule is CNC(=O)NC1(C=O)c2cc(CCC(F)(F)F)ccc2CC12CCC(OC)CC2. The number of carbonyl (C=O) groups is 2. The van der Waals surface area contributed by atoms with Crippen LogP contribution in [-0.4, -0.2) is 38.8 Å². The van der Waals surface area contributed by atoms with E-state index in [1.165, 1.54) is 7.05 Å². The molecule has 160 valence electrons. The molecule has 1 fully saturated rings. The summed E-state index contributed by atoms with van der Waals surface area (Å²) >= 11 is 0. The number of halogens is 3. The Morgan fingerprint density at radius 3 is 2.55 bits per heavy atom. The van der Waals surface area contributed by atoms with Gasteiger partial charge in [0.2, 0.25) is 0 Å². The van der Waals surface area contributed by atoms with E-state index in [0.717, 1.165) is 24.7 Å². The Morgan fingerprint density at radius 2 is 2.00 bits per heavy atom. The zero-order valence-electron chi connectivity index (χ0n) is 16.7. The lowest BCUT2D eigenvalue weighted by Crippen LogP contribution is -2.59. The van der Waals surface area contributed by atoms with Crippen molar-refractivity contribution in [3.05, 3.63) is 34.9 Å². The number of aryl methyl sites for hydroxylation is 1. The highest BCUT2D eigenvalue weighted by atomic mass is 19.4. The summed E-state index contributed by atoms with van der Waals surface area (Å²) in [7, 11) is 3.13. The number of carbonyl (C=O) groups excluding carboxylic acids is 2. The maximum Gasteiger partial charge on any atom is 0.389 e. The molecule has 2 aliphatic carbocycles. The van der Waals surface area contributed by atoms with Crippen LogP contribution in [0.3, 0.4) is 0 Å². The predicted octanol–water partition coefficient (Wildman–Crippen LogP) is 3.64. The van der Waals surface area contributed by atoms with Gasteiger partial charge >= 0.3 is 12.2 Å². The molecule has 1 aromatic carbocycles. The van der Waals surface area contributed by atoms with Crippen LogP contribution in [0.25, 0.3) is 0 Å². The number of hydrogen-bond donors (Lipinski definition) is 2. The molecule has 1 unspecified atom stereocenters. The molecule has 0 radical (unpaired) electrons. The lowest BCUT2D eigenvalue weighted by atomic mass is 9.62. The topological polar surface area (TPSA) is 67.4 Å². The normalized spacial score (nSPS) is 28.8. The number of ether oxygens (including phenoxy) is 1. The van der Waals surface area contributed by atoms with Gasteiger partial charge in [-0.1, -0.05) is 18.2 Å². The summed E-state index contributed by atoms with van der Waals surface area (Å²) in [6, 6.07) is 4.68. The van der Waals surface area contributed by atoms with E-state index in [0.29, 0.717) is 30.4 Å². The third kappa shape index (κ3) is 3.99. The second kappa shape index (κ2) is 7.97. The van der Waals surface area contributed by atoms with E-state index in [1.807, 2.05) is 6.07 Å². The minimum atomic E-state index is -4.25. The fourth-order valence-corrected chi connectivity index (χ4v) is 4.99. The summed E-state index contributed by atoms with van der Waals surface area (Å²) in [5, 5.41) is 5.36. The van der Waals surface area contributed by atoms with Crippen LogP contribution in [0.15, 0.2) is 18.2 Å². The number of alkyl halides is 3. The predicted molar refractivity (Wildman–Crippen MR) is 102 cm³/mol. The molecular formula is C21H27F3N2O3. The van der Waals surface area contributed by atoms with E-state index < -0.39 is 29.6 Å². The molecule has 1 saturated carbocycles. The van der Waals surface area contributed by atoms with Crippen LogP contribution >= 0.6 is 0 Å². The summed E-state index contributed by atoms with van der Waals surface area (Å²) in [5.41, 5.74) is 0.247. The average Bonchev–Trinajstić information content (AvgIpc) is 2.95. The Kier molecular flexibility index (Phi) is 5.94. The molecule has 1 spiro atoms. The van der Waals surface area contributed by atoms with Crippen LogP contribution in [0.2, 0.25) is 0 Å². The van der Waals surface area contributed by atoms with Gasteiger partial charge in [0.05, 0.1) is 6.10 Å². The van der Waals surface area contributed by atoms with E-state index in [-0.39, 0.29) is 12.5 Å². The van der Waals surface area contributed by atoms with Crippen LogP contribution in [-0.2, 0) is 27.9 Å². The Bertz CT molecular complexity index is 773. The highest BCUT2D eigenvalue weighted by molar-refractivity contribution is 5.84. The van der Waals surface area contributed by atoms with Gasteiger partial charge in [-0.3, -0.25) is 0 Å². The van der Waals surface area contributed by atoms with Gasteiger partial charge in [-0.15, -0.1) is 0 Å². The molecule has 2 amide bonds. The van der Waals surface area contributed by atoms with E-state index in [4.69, 9.17) is 4.74 Å². The minimum Gasteiger partial charge on any atom is -0.381 e. The van der Waals surface area contributed by atoms with Gasteiger partial charge in [0.1, 0.15) is 5.54 Å². The fourth-order valence-electron chi connectivity index (χ4n) is 4.99. The third-order valence-electron chi connectivity index (χ3n) is 6.60. The van der Waals surface area contributed by atoms with Gasteiger partial charge in [0, 0.05) is 26.0 Å². The molecule has 1 aromatic rings. The number of aldehydes is 1. The smallest absolute Gasteiger partial charge is 0.381 e. The lowest BCUT2D eigenvalue weighted by Gasteiger charge is -2.47. The van der Waals surface area contributed by atoms with Crippen molar-refractivity contribution in [2.75, 3.05) is 14.2 Å². The summed E-state index contributed by atoms with van der Waals surface area (Å²) in [6.45, 7) is 0. The number of methoxy groups -OCH3 is 1. The van der Waals surface area contributed by atoms with Crippen LogP contribution in [0.4, 0.5) is 18.0 Å². The molecular weight excluding hydrogens is 385 g/mol. The Hall–Kier alpha value is -2.09.